The van der Waals surface area contributed by atoms with Gasteiger partial charge in [0.15, 0.2) is 0 Å². The number of hydrogen-bond acceptors (Lipinski definition) is 2. The molecule has 0 aliphatic heterocycles. The lowest BCUT2D eigenvalue weighted by Crippen LogP contribution is -2.14. The Morgan fingerprint density at radius 1 is 1.00 bits per heavy atom. The van der Waals surface area contributed by atoms with Gasteiger partial charge >= 0.3 is 0 Å². The summed E-state index contributed by atoms with van der Waals surface area (Å²) in [5.74, 6) is 0.377. The molecule has 4 heteroatoms. The van der Waals surface area contributed by atoms with E-state index in [0.29, 0.717) is 0 Å². The van der Waals surface area contributed by atoms with Gasteiger partial charge in [-0.3, -0.25) is 4.79 Å². The molecule has 0 spiro atoms. The van der Waals surface area contributed by atoms with E-state index in [0.717, 1.165) is 30.0 Å². The number of carbonyl (C=O) groups excluding carboxylic acids is 1. The van der Waals surface area contributed by atoms with Gasteiger partial charge < -0.3 is 10.1 Å². The highest BCUT2D eigenvalue weighted by atomic mass is 19.1. The second-order valence-electron chi connectivity index (χ2n) is 5.78. The summed E-state index contributed by atoms with van der Waals surface area (Å²) in [6.07, 6.45) is 4.92. The van der Waals surface area contributed by atoms with Crippen molar-refractivity contribution in [2.24, 2.45) is 0 Å². The standard InChI is InChI=1S/C20H24FNO2/c1-2-3-4-5-14-24-19-12-10-18(11-13-19)22-20(23)15-16-6-8-17(21)9-7-16/h6-13H,2-5,14-15H2,1H3,(H,22,23). The molecule has 0 atom stereocenters. The summed E-state index contributed by atoms with van der Waals surface area (Å²) in [7, 11) is 0. The van der Waals surface area contributed by atoms with E-state index in [4.69, 9.17) is 4.74 Å². The highest BCUT2D eigenvalue weighted by molar-refractivity contribution is 5.92. The molecule has 0 radical (unpaired) electrons. The molecule has 128 valence electrons. The minimum Gasteiger partial charge on any atom is -0.494 e. The Kier molecular flexibility index (Phi) is 7.27. The van der Waals surface area contributed by atoms with Crippen LogP contribution in [-0.4, -0.2) is 12.5 Å². The average molecular weight is 329 g/mol. The fourth-order valence-electron chi connectivity index (χ4n) is 2.35. The first-order chi connectivity index (χ1) is 11.7. The Hall–Kier alpha value is -2.36. The number of amides is 1. The summed E-state index contributed by atoms with van der Waals surface area (Å²) >= 11 is 0. The number of hydrogen-bond donors (Lipinski definition) is 1. The van der Waals surface area contributed by atoms with Crippen molar-refractivity contribution in [3.63, 3.8) is 0 Å². The van der Waals surface area contributed by atoms with E-state index in [-0.39, 0.29) is 18.1 Å². The Morgan fingerprint density at radius 2 is 1.71 bits per heavy atom. The summed E-state index contributed by atoms with van der Waals surface area (Å²) in [4.78, 5) is 12.0. The molecule has 2 aromatic carbocycles. The minimum absolute atomic E-state index is 0.130. The third kappa shape index (κ3) is 6.41. The van der Waals surface area contributed by atoms with Crippen LogP contribution in [0.3, 0.4) is 0 Å². The molecule has 2 aromatic rings. The quantitative estimate of drug-likeness (QED) is 0.660. The van der Waals surface area contributed by atoms with E-state index in [1.807, 2.05) is 24.3 Å². The highest BCUT2D eigenvalue weighted by Gasteiger charge is 2.05. The average Bonchev–Trinajstić information content (AvgIpc) is 2.58. The molecule has 0 fully saturated rings. The van der Waals surface area contributed by atoms with Gasteiger partial charge in [-0.2, -0.15) is 0 Å². The summed E-state index contributed by atoms with van der Waals surface area (Å²) in [5, 5.41) is 2.83. The van der Waals surface area contributed by atoms with Gasteiger partial charge in [0, 0.05) is 5.69 Å². The lowest BCUT2D eigenvalue weighted by atomic mass is 10.1. The summed E-state index contributed by atoms with van der Waals surface area (Å²) in [6, 6.07) is 13.3. The SMILES string of the molecule is CCCCCCOc1ccc(NC(=O)Cc2ccc(F)cc2)cc1. The van der Waals surface area contributed by atoms with Gasteiger partial charge in [0.25, 0.3) is 0 Å². The maximum Gasteiger partial charge on any atom is 0.228 e. The molecule has 0 aliphatic rings. The van der Waals surface area contributed by atoms with Gasteiger partial charge in [-0.05, 0) is 48.4 Å². The van der Waals surface area contributed by atoms with Crippen molar-refractivity contribution >= 4 is 11.6 Å². The second kappa shape index (κ2) is 9.71. The van der Waals surface area contributed by atoms with Crippen molar-refractivity contribution in [3.05, 3.63) is 59.9 Å². The third-order valence-electron chi connectivity index (χ3n) is 3.68. The van der Waals surface area contributed by atoms with Crippen molar-refractivity contribution in [2.75, 3.05) is 11.9 Å². The molecule has 0 heterocycles. The van der Waals surface area contributed by atoms with Gasteiger partial charge in [-0.15, -0.1) is 0 Å². The molecule has 3 nitrogen and oxygen atoms in total. The molecular formula is C20H24FNO2. The molecule has 0 bridgehead atoms. The molecule has 0 saturated carbocycles. The maximum absolute atomic E-state index is 12.8. The molecular weight excluding hydrogens is 305 g/mol. The number of nitrogens with one attached hydrogen (secondary N) is 1. The van der Waals surface area contributed by atoms with E-state index >= 15 is 0 Å². The summed E-state index contributed by atoms with van der Waals surface area (Å²) in [6.45, 7) is 2.90. The van der Waals surface area contributed by atoms with Crippen molar-refractivity contribution < 1.29 is 13.9 Å². The molecule has 0 saturated heterocycles. The number of benzene rings is 2. The summed E-state index contributed by atoms with van der Waals surface area (Å²) < 4.78 is 18.5. The van der Waals surface area contributed by atoms with Crippen LogP contribution in [0, 0.1) is 5.82 Å². The lowest BCUT2D eigenvalue weighted by molar-refractivity contribution is -0.115. The first kappa shape index (κ1) is 18.0. The summed E-state index contributed by atoms with van der Waals surface area (Å²) in [5.41, 5.74) is 1.50. The van der Waals surface area contributed by atoms with Crippen LogP contribution in [0.15, 0.2) is 48.5 Å². The number of carbonyl (C=O) groups is 1. The van der Waals surface area contributed by atoms with E-state index in [9.17, 15) is 9.18 Å². The zero-order valence-corrected chi connectivity index (χ0v) is 14.1. The van der Waals surface area contributed by atoms with Crippen molar-refractivity contribution in [3.8, 4) is 5.75 Å². The largest absolute Gasteiger partial charge is 0.494 e. The molecule has 0 aliphatic carbocycles. The fourth-order valence-corrected chi connectivity index (χ4v) is 2.35. The number of halogens is 1. The van der Waals surface area contributed by atoms with Crippen LogP contribution in [-0.2, 0) is 11.2 Å². The minimum atomic E-state index is -0.301. The zero-order chi connectivity index (χ0) is 17.2. The van der Waals surface area contributed by atoms with Gasteiger partial charge in [-0.1, -0.05) is 38.3 Å². The normalized spacial score (nSPS) is 10.4. The molecule has 2 rings (SSSR count). The Bertz CT molecular complexity index is 623. The first-order valence-electron chi connectivity index (χ1n) is 8.44. The second-order valence-corrected chi connectivity index (χ2v) is 5.78. The van der Waals surface area contributed by atoms with E-state index < -0.39 is 0 Å². The lowest BCUT2D eigenvalue weighted by Gasteiger charge is -2.08. The fraction of sp³-hybridized carbons (Fsp3) is 0.350. The van der Waals surface area contributed by atoms with Gasteiger partial charge in [0.05, 0.1) is 13.0 Å². The monoisotopic (exact) mass is 329 g/mol. The Morgan fingerprint density at radius 3 is 2.38 bits per heavy atom. The van der Waals surface area contributed by atoms with E-state index in [2.05, 4.69) is 12.2 Å². The van der Waals surface area contributed by atoms with Crippen LogP contribution in [0.1, 0.15) is 38.2 Å². The Labute approximate surface area is 142 Å². The molecule has 0 unspecified atom stereocenters. The van der Waals surface area contributed by atoms with Crippen molar-refractivity contribution in [2.45, 2.75) is 39.0 Å². The topological polar surface area (TPSA) is 38.3 Å². The van der Waals surface area contributed by atoms with Gasteiger partial charge in [0.2, 0.25) is 5.91 Å². The van der Waals surface area contributed by atoms with E-state index in [1.165, 1.54) is 31.4 Å². The number of unbranched alkanes of at least 4 members (excludes halogenated alkanes) is 3. The smallest absolute Gasteiger partial charge is 0.228 e. The van der Waals surface area contributed by atoms with Crippen molar-refractivity contribution in [1.29, 1.82) is 0 Å². The van der Waals surface area contributed by atoms with Crippen LogP contribution in [0.5, 0.6) is 5.75 Å². The van der Waals surface area contributed by atoms with E-state index in [1.54, 1.807) is 12.1 Å². The molecule has 1 N–H and O–H groups in total. The van der Waals surface area contributed by atoms with Gasteiger partial charge in [-0.25, -0.2) is 4.39 Å². The number of rotatable bonds is 9. The third-order valence-corrected chi connectivity index (χ3v) is 3.68. The van der Waals surface area contributed by atoms with Crippen LogP contribution in [0.25, 0.3) is 0 Å². The highest BCUT2D eigenvalue weighted by Crippen LogP contribution is 2.16. The molecule has 1 amide bonds. The van der Waals surface area contributed by atoms with Crippen LogP contribution >= 0.6 is 0 Å². The first-order valence-corrected chi connectivity index (χ1v) is 8.44. The number of ether oxygens (including phenoxy) is 1. The number of anilines is 1. The zero-order valence-electron chi connectivity index (χ0n) is 14.1. The predicted octanol–water partition coefficient (Wildman–Crippen LogP) is 4.97. The predicted molar refractivity (Wildman–Crippen MR) is 94.8 cm³/mol. The van der Waals surface area contributed by atoms with Crippen molar-refractivity contribution in [1.82, 2.24) is 0 Å². The van der Waals surface area contributed by atoms with Crippen LogP contribution in [0.2, 0.25) is 0 Å². The molecule has 24 heavy (non-hydrogen) atoms. The van der Waals surface area contributed by atoms with Crippen LogP contribution in [0.4, 0.5) is 10.1 Å². The van der Waals surface area contributed by atoms with Gasteiger partial charge in [0.1, 0.15) is 11.6 Å². The Balaban J connectivity index is 1.76. The molecule has 0 aromatic heterocycles. The van der Waals surface area contributed by atoms with Crippen LogP contribution < -0.4 is 10.1 Å². The maximum atomic E-state index is 12.8.